The Hall–Kier alpha value is -1.42. The molecule has 2 rings (SSSR count). The highest BCUT2D eigenvalue weighted by molar-refractivity contribution is 9.10. The Labute approximate surface area is 162 Å². The number of benzene rings is 2. The Morgan fingerprint density at radius 2 is 1.77 bits per heavy atom. The Morgan fingerprint density at radius 1 is 1.08 bits per heavy atom. The van der Waals surface area contributed by atoms with Crippen LogP contribution in [0.15, 0.2) is 56.7 Å². The van der Waals surface area contributed by atoms with E-state index < -0.39 is 19.9 Å². The number of ether oxygens (including phenoxy) is 1. The SMILES string of the molecule is CC(C)Oc1cccc(CNS(=O)(=O)c2cc(S(C)(=O)=O)ccc2Br)c1. The maximum absolute atomic E-state index is 12.6. The molecule has 1 N–H and O–H groups in total. The molecule has 0 radical (unpaired) electrons. The van der Waals surface area contributed by atoms with Crippen molar-refractivity contribution in [2.75, 3.05) is 6.26 Å². The summed E-state index contributed by atoms with van der Waals surface area (Å²) < 4.78 is 56.9. The van der Waals surface area contributed by atoms with Crippen LogP contribution >= 0.6 is 15.9 Å². The Balaban J connectivity index is 2.25. The molecule has 0 unspecified atom stereocenters. The second-order valence-corrected chi connectivity index (χ2v) is 10.6. The van der Waals surface area contributed by atoms with Gasteiger partial charge >= 0.3 is 0 Å². The average molecular weight is 462 g/mol. The first-order valence-electron chi connectivity index (χ1n) is 7.74. The van der Waals surface area contributed by atoms with Crippen LogP contribution in [0.4, 0.5) is 0 Å². The topological polar surface area (TPSA) is 89.5 Å². The quantitative estimate of drug-likeness (QED) is 0.683. The van der Waals surface area contributed by atoms with Gasteiger partial charge in [0.2, 0.25) is 10.0 Å². The highest BCUT2D eigenvalue weighted by Gasteiger charge is 2.20. The van der Waals surface area contributed by atoms with Gasteiger partial charge < -0.3 is 4.74 Å². The minimum absolute atomic E-state index is 0.0108. The molecule has 0 saturated heterocycles. The van der Waals surface area contributed by atoms with E-state index >= 15 is 0 Å². The van der Waals surface area contributed by atoms with Gasteiger partial charge in [0.15, 0.2) is 9.84 Å². The summed E-state index contributed by atoms with van der Waals surface area (Å²) in [5, 5.41) is 0. The van der Waals surface area contributed by atoms with Crippen LogP contribution in [-0.2, 0) is 26.4 Å². The minimum atomic E-state index is -3.91. The van der Waals surface area contributed by atoms with Crippen molar-refractivity contribution < 1.29 is 21.6 Å². The summed E-state index contributed by atoms with van der Waals surface area (Å²) in [5.74, 6) is 0.650. The van der Waals surface area contributed by atoms with E-state index in [1.165, 1.54) is 12.1 Å². The van der Waals surface area contributed by atoms with Crippen molar-refractivity contribution in [2.24, 2.45) is 0 Å². The van der Waals surface area contributed by atoms with Crippen molar-refractivity contribution >= 4 is 35.8 Å². The van der Waals surface area contributed by atoms with Gasteiger partial charge in [-0.1, -0.05) is 12.1 Å². The van der Waals surface area contributed by atoms with Crippen molar-refractivity contribution in [1.82, 2.24) is 4.72 Å². The normalized spacial score (nSPS) is 12.3. The second-order valence-electron chi connectivity index (χ2n) is 6.00. The lowest BCUT2D eigenvalue weighted by molar-refractivity contribution is 0.242. The van der Waals surface area contributed by atoms with E-state index in [4.69, 9.17) is 4.74 Å². The third kappa shape index (κ3) is 5.54. The molecule has 26 heavy (non-hydrogen) atoms. The number of rotatable bonds is 7. The summed E-state index contributed by atoms with van der Waals surface area (Å²) in [7, 11) is -7.43. The smallest absolute Gasteiger partial charge is 0.242 e. The van der Waals surface area contributed by atoms with Gasteiger partial charge in [-0.05, 0) is 65.7 Å². The Bertz CT molecular complexity index is 1000. The van der Waals surface area contributed by atoms with Crippen molar-refractivity contribution in [2.45, 2.75) is 36.3 Å². The van der Waals surface area contributed by atoms with Crippen LogP contribution in [0.1, 0.15) is 19.4 Å². The Morgan fingerprint density at radius 3 is 2.38 bits per heavy atom. The molecule has 0 amide bonds. The van der Waals surface area contributed by atoms with Crippen molar-refractivity contribution in [3.63, 3.8) is 0 Å². The van der Waals surface area contributed by atoms with Gasteiger partial charge in [0.05, 0.1) is 15.9 Å². The molecule has 0 atom stereocenters. The van der Waals surface area contributed by atoms with Gasteiger partial charge in [-0.25, -0.2) is 21.6 Å². The molecule has 0 heterocycles. The van der Waals surface area contributed by atoms with Gasteiger partial charge in [-0.15, -0.1) is 0 Å². The molecule has 2 aromatic carbocycles. The Kier molecular flexibility index (Phi) is 6.49. The monoisotopic (exact) mass is 461 g/mol. The molecule has 0 saturated carbocycles. The van der Waals surface area contributed by atoms with E-state index in [0.717, 1.165) is 17.9 Å². The number of hydrogen-bond donors (Lipinski definition) is 1. The van der Waals surface area contributed by atoms with Gasteiger partial charge in [-0.3, -0.25) is 0 Å². The summed E-state index contributed by atoms with van der Waals surface area (Å²) >= 11 is 3.16. The van der Waals surface area contributed by atoms with Crippen molar-refractivity contribution in [1.29, 1.82) is 0 Å². The highest BCUT2D eigenvalue weighted by Crippen LogP contribution is 2.25. The predicted molar refractivity (Wildman–Crippen MR) is 103 cm³/mol. The lowest BCUT2D eigenvalue weighted by Gasteiger charge is -2.12. The largest absolute Gasteiger partial charge is 0.491 e. The second kappa shape index (κ2) is 8.08. The van der Waals surface area contributed by atoms with E-state index in [2.05, 4.69) is 20.7 Å². The molecule has 0 aliphatic rings. The van der Waals surface area contributed by atoms with E-state index in [9.17, 15) is 16.8 Å². The minimum Gasteiger partial charge on any atom is -0.491 e. The summed E-state index contributed by atoms with van der Waals surface area (Å²) in [6.07, 6.45) is 1.04. The maximum Gasteiger partial charge on any atom is 0.242 e. The van der Waals surface area contributed by atoms with Crippen LogP contribution in [0.3, 0.4) is 0 Å². The lowest BCUT2D eigenvalue weighted by atomic mass is 10.2. The molecule has 9 heteroatoms. The molecule has 0 aliphatic heterocycles. The molecule has 0 fully saturated rings. The molecule has 0 aliphatic carbocycles. The molecule has 142 valence electrons. The molecular formula is C17H20BrNO5S2. The van der Waals surface area contributed by atoms with E-state index in [1.807, 2.05) is 13.8 Å². The number of hydrogen-bond acceptors (Lipinski definition) is 5. The molecule has 2 aromatic rings. The zero-order valence-corrected chi connectivity index (χ0v) is 17.8. The third-order valence-corrected chi connectivity index (χ3v) is 6.86. The third-order valence-electron chi connectivity index (χ3n) is 3.36. The van der Waals surface area contributed by atoms with Crippen LogP contribution < -0.4 is 9.46 Å². The first-order chi connectivity index (χ1) is 12.0. The van der Waals surface area contributed by atoms with Gasteiger partial charge in [-0.2, -0.15) is 0 Å². The first kappa shape index (κ1) is 20.9. The van der Waals surface area contributed by atoms with Crippen molar-refractivity contribution in [3.05, 3.63) is 52.5 Å². The number of sulfonamides is 1. The van der Waals surface area contributed by atoms with Gasteiger partial charge in [0, 0.05) is 17.3 Å². The van der Waals surface area contributed by atoms with Crippen LogP contribution in [-0.4, -0.2) is 29.2 Å². The predicted octanol–water partition coefficient (Wildman–Crippen LogP) is 3.12. The first-order valence-corrected chi connectivity index (χ1v) is 11.9. The van der Waals surface area contributed by atoms with Crippen LogP contribution in [0.5, 0.6) is 5.75 Å². The fraction of sp³-hybridized carbons (Fsp3) is 0.294. The summed E-state index contributed by atoms with van der Waals surface area (Å²) in [6, 6.07) is 11.0. The fourth-order valence-corrected chi connectivity index (χ4v) is 4.90. The molecule has 0 bridgehead atoms. The lowest BCUT2D eigenvalue weighted by Crippen LogP contribution is -2.24. The molecule has 0 spiro atoms. The van der Waals surface area contributed by atoms with Crippen LogP contribution in [0.25, 0.3) is 0 Å². The number of sulfone groups is 1. The summed E-state index contributed by atoms with van der Waals surface area (Å²) in [6.45, 7) is 3.86. The molecule has 6 nitrogen and oxygen atoms in total. The van der Waals surface area contributed by atoms with Gasteiger partial charge in [0.1, 0.15) is 5.75 Å². The molecule has 0 aromatic heterocycles. The zero-order valence-electron chi connectivity index (χ0n) is 14.6. The maximum atomic E-state index is 12.6. The summed E-state index contributed by atoms with van der Waals surface area (Å²) in [4.78, 5) is -0.191. The standard InChI is InChI=1S/C17H20BrNO5S2/c1-12(2)24-14-6-4-5-13(9-14)11-19-26(22,23)17-10-15(25(3,20)21)7-8-16(17)18/h4-10,12,19H,11H2,1-3H3. The zero-order chi connectivity index (χ0) is 19.5. The average Bonchev–Trinajstić information content (AvgIpc) is 2.52. The number of halogens is 1. The summed E-state index contributed by atoms with van der Waals surface area (Å²) in [5.41, 5.74) is 0.724. The number of nitrogens with one attached hydrogen (secondary N) is 1. The van der Waals surface area contributed by atoms with Gasteiger partial charge in [0.25, 0.3) is 0 Å². The van der Waals surface area contributed by atoms with E-state index in [-0.39, 0.29) is 26.9 Å². The van der Waals surface area contributed by atoms with Crippen molar-refractivity contribution in [3.8, 4) is 5.75 Å². The molecular weight excluding hydrogens is 442 g/mol. The van der Waals surface area contributed by atoms with Crippen LogP contribution in [0.2, 0.25) is 0 Å². The van der Waals surface area contributed by atoms with E-state index in [0.29, 0.717) is 5.75 Å². The van der Waals surface area contributed by atoms with Crippen LogP contribution in [0, 0.1) is 0 Å². The van der Waals surface area contributed by atoms with E-state index in [1.54, 1.807) is 24.3 Å². The fourth-order valence-electron chi connectivity index (χ4n) is 2.18. The highest BCUT2D eigenvalue weighted by atomic mass is 79.9.